The van der Waals surface area contributed by atoms with Crippen molar-refractivity contribution in [2.75, 3.05) is 5.75 Å². The number of hydrogen-bond acceptors (Lipinski definition) is 5. The molecule has 2 N–H and O–H groups in total. The summed E-state index contributed by atoms with van der Waals surface area (Å²) in [6.45, 7) is 3.36. The third-order valence-corrected chi connectivity index (χ3v) is 2.44. The van der Waals surface area contributed by atoms with Gasteiger partial charge in [0.25, 0.3) is 0 Å². The molecule has 0 aliphatic heterocycles. The molecule has 1 heterocycles. The molecule has 0 bridgehead atoms. The van der Waals surface area contributed by atoms with Crippen LogP contribution >= 0.6 is 0 Å². The van der Waals surface area contributed by atoms with E-state index < -0.39 is 10.0 Å². The van der Waals surface area contributed by atoms with Gasteiger partial charge in [-0.25, -0.2) is 13.1 Å². The van der Waals surface area contributed by atoms with Crippen molar-refractivity contribution in [1.82, 2.24) is 25.3 Å². The summed E-state index contributed by atoms with van der Waals surface area (Å²) in [7, 11) is -3.30. The Morgan fingerprint density at radius 1 is 1.62 bits per heavy atom. The highest BCUT2D eigenvalue weighted by atomic mass is 32.2. The van der Waals surface area contributed by atoms with Gasteiger partial charge >= 0.3 is 0 Å². The van der Waals surface area contributed by atoms with Crippen molar-refractivity contribution in [3.8, 4) is 0 Å². The van der Waals surface area contributed by atoms with Crippen molar-refractivity contribution in [3.63, 3.8) is 0 Å². The van der Waals surface area contributed by atoms with Crippen LogP contribution in [0.4, 0.5) is 0 Å². The number of sulfonamides is 1. The van der Waals surface area contributed by atoms with E-state index in [1.807, 2.05) is 0 Å². The molecule has 0 amide bonds. The van der Waals surface area contributed by atoms with Gasteiger partial charge in [-0.2, -0.15) is 5.21 Å². The van der Waals surface area contributed by atoms with Gasteiger partial charge in [-0.05, 0) is 0 Å². The molecule has 0 spiro atoms. The van der Waals surface area contributed by atoms with Crippen LogP contribution in [-0.4, -0.2) is 34.8 Å². The molecule has 0 fully saturated rings. The lowest BCUT2D eigenvalue weighted by Gasteiger charge is -1.99. The molecule has 0 saturated heterocycles. The van der Waals surface area contributed by atoms with Crippen molar-refractivity contribution in [2.45, 2.75) is 6.54 Å². The van der Waals surface area contributed by atoms with Crippen LogP contribution in [0.3, 0.4) is 0 Å². The van der Waals surface area contributed by atoms with E-state index in [0.717, 1.165) is 0 Å². The summed E-state index contributed by atoms with van der Waals surface area (Å²) in [5, 5.41) is 12.6. The minimum absolute atomic E-state index is 0.0344. The van der Waals surface area contributed by atoms with Crippen molar-refractivity contribution >= 4 is 10.0 Å². The Balaban J connectivity index is 2.47. The maximum Gasteiger partial charge on any atom is 0.215 e. The average Bonchev–Trinajstić information content (AvgIpc) is 2.52. The highest BCUT2D eigenvalue weighted by molar-refractivity contribution is 7.89. The van der Waals surface area contributed by atoms with E-state index in [4.69, 9.17) is 0 Å². The summed E-state index contributed by atoms with van der Waals surface area (Å²) in [6.07, 6.45) is 1.30. The third-order valence-electron chi connectivity index (χ3n) is 1.18. The Morgan fingerprint density at radius 3 is 2.92 bits per heavy atom. The molecule has 72 valence electrons. The average molecular weight is 203 g/mol. The molecule has 0 aliphatic rings. The van der Waals surface area contributed by atoms with Gasteiger partial charge < -0.3 is 0 Å². The standard InChI is InChI=1S/C5H9N5O2S/c1-2-3-13(11,12)6-4-5-7-9-10-8-5/h2,6H,1,3-4H2,(H,7,8,9,10). The number of aromatic nitrogens is 4. The molecule has 7 nitrogen and oxygen atoms in total. The second-order valence-corrected chi connectivity index (χ2v) is 4.07. The zero-order valence-electron chi connectivity index (χ0n) is 6.77. The molecule has 1 aromatic heterocycles. The van der Waals surface area contributed by atoms with E-state index in [2.05, 4.69) is 31.9 Å². The molecule has 1 aromatic rings. The van der Waals surface area contributed by atoms with Gasteiger partial charge in [-0.3, -0.25) is 0 Å². The van der Waals surface area contributed by atoms with Crippen LogP contribution in [0.15, 0.2) is 12.7 Å². The van der Waals surface area contributed by atoms with Crippen LogP contribution in [0.5, 0.6) is 0 Å². The first-order valence-electron chi connectivity index (χ1n) is 3.44. The highest BCUT2D eigenvalue weighted by Gasteiger charge is 2.08. The summed E-state index contributed by atoms with van der Waals surface area (Å²) in [5.74, 6) is 0.179. The summed E-state index contributed by atoms with van der Waals surface area (Å²) in [5.41, 5.74) is 0. The molecular formula is C5H9N5O2S. The molecule has 0 aromatic carbocycles. The van der Waals surface area contributed by atoms with Crippen molar-refractivity contribution in [1.29, 1.82) is 0 Å². The molecule has 0 saturated carbocycles. The first kappa shape index (κ1) is 9.81. The molecule has 0 aliphatic carbocycles. The van der Waals surface area contributed by atoms with Crippen molar-refractivity contribution in [3.05, 3.63) is 18.5 Å². The molecule has 8 heteroatoms. The van der Waals surface area contributed by atoms with Crippen molar-refractivity contribution in [2.24, 2.45) is 0 Å². The van der Waals surface area contributed by atoms with E-state index in [-0.39, 0.29) is 12.3 Å². The minimum atomic E-state index is -3.30. The smallest absolute Gasteiger partial charge is 0.212 e. The number of hydrogen-bond donors (Lipinski definition) is 2. The normalized spacial score (nSPS) is 11.4. The monoisotopic (exact) mass is 203 g/mol. The zero-order valence-corrected chi connectivity index (χ0v) is 7.58. The first-order chi connectivity index (χ1) is 6.14. The number of aromatic amines is 1. The van der Waals surface area contributed by atoms with Crippen LogP contribution in [-0.2, 0) is 16.6 Å². The maximum absolute atomic E-state index is 11.1. The maximum atomic E-state index is 11.1. The topological polar surface area (TPSA) is 101 Å². The lowest BCUT2D eigenvalue weighted by Crippen LogP contribution is -2.25. The van der Waals surface area contributed by atoms with Gasteiger partial charge in [0.15, 0.2) is 5.82 Å². The fourth-order valence-corrected chi connectivity index (χ4v) is 1.42. The largest absolute Gasteiger partial charge is 0.215 e. The molecule has 1 rings (SSSR count). The summed E-state index contributed by atoms with van der Waals surface area (Å²) < 4.78 is 24.4. The van der Waals surface area contributed by atoms with Crippen molar-refractivity contribution < 1.29 is 8.42 Å². The van der Waals surface area contributed by atoms with E-state index in [0.29, 0.717) is 5.82 Å². The molecule has 13 heavy (non-hydrogen) atoms. The second kappa shape index (κ2) is 4.10. The quantitative estimate of drug-likeness (QED) is 0.586. The Labute approximate surface area is 75.3 Å². The fourth-order valence-electron chi connectivity index (χ4n) is 0.646. The SMILES string of the molecule is C=CCS(=O)(=O)NCc1nn[nH]n1. The van der Waals surface area contributed by atoms with E-state index in [9.17, 15) is 8.42 Å². The van der Waals surface area contributed by atoms with Gasteiger partial charge in [0.05, 0.1) is 12.3 Å². The first-order valence-corrected chi connectivity index (χ1v) is 5.10. The fraction of sp³-hybridized carbons (Fsp3) is 0.400. The highest BCUT2D eigenvalue weighted by Crippen LogP contribution is 1.88. The number of nitrogens with one attached hydrogen (secondary N) is 2. The van der Waals surface area contributed by atoms with Gasteiger partial charge in [-0.1, -0.05) is 11.3 Å². The Hall–Kier alpha value is -1.28. The van der Waals surface area contributed by atoms with Gasteiger partial charge in [-0.15, -0.1) is 16.8 Å². The van der Waals surface area contributed by atoms with Crippen LogP contribution in [0.2, 0.25) is 0 Å². The van der Waals surface area contributed by atoms with Crippen LogP contribution in [0.1, 0.15) is 5.82 Å². The van der Waals surface area contributed by atoms with Crippen LogP contribution in [0, 0.1) is 0 Å². The molecule has 0 atom stereocenters. The second-order valence-electron chi connectivity index (χ2n) is 2.22. The van der Waals surface area contributed by atoms with Crippen LogP contribution < -0.4 is 4.72 Å². The summed E-state index contributed by atoms with van der Waals surface area (Å²) in [4.78, 5) is 0. The number of H-pyrrole nitrogens is 1. The predicted molar refractivity (Wildman–Crippen MR) is 45.0 cm³/mol. The van der Waals surface area contributed by atoms with Crippen LogP contribution in [0.25, 0.3) is 0 Å². The van der Waals surface area contributed by atoms with Gasteiger partial charge in [0.1, 0.15) is 0 Å². The summed E-state index contributed by atoms with van der Waals surface area (Å²) in [6, 6.07) is 0. The lowest BCUT2D eigenvalue weighted by molar-refractivity contribution is 0.582. The zero-order chi connectivity index (χ0) is 9.73. The van der Waals surface area contributed by atoms with E-state index >= 15 is 0 Å². The number of tetrazole rings is 1. The predicted octanol–water partition coefficient (Wildman–Crippen LogP) is -1.19. The Kier molecular flexibility index (Phi) is 3.09. The third kappa shape index (κ3) is 3.30. The van der Waals surface area contributed by atoms with E-state index in [1.165, 1.54) is 6.08 Å². The van der Waals surface area contributed by atoms with Gasteiger partial charge in [0.2, 0.25) is 10.0 Å². The number of rotatable bonds is 5. The molecule has 0 radical (unpaired) electrons. The number of nitrogens with zero attached hydrogens (tertiary/aromatic N) is 3. The molecule has 0 unspecified atom stereocenters. The lowest BCUT2D eigenvalue weighted by atomic mass is 10.7. The summed E-state index contributed by atoms with van der Waals surface area (Å²) >= 11 is 0. The minimum Gasteiger partial charge on any atom is -0.212 e. The Morgan fingerprint density at radius 2 is 2.38 bits per heavy atom. The van der Waals surface area contributed by atoms with Gasteiger partial charge in [0, 0.05) is 0 Å². The van der Waals surface area contributed by atoms with E-state index in [1.54, 1.807) is 0 Å². The molecular weight excluding hydrogens is 194 g/mol. The Bertz CT molecular complexity index is 356.